The molecule has 0 saturated heterocycles. The van der Waals surface area contributed by atoms with Gasteiger partial charge in [-0.25, -0.2) is 9.37 Å². The van der Waals surface area contributed by atoms with Crippen LogP contribution in [0.5, 0.6) is 0 Å². The number of hydrogen-bond acceptors (Lipinski definition) is 4. The third kappa shape index (κ3) is 2.75. The monoisotopic (exact) mass is 415 g/mol. The number of nitrogens with zero attached hydrogens (tertiary/aromatic N) is 2. The standard InChI is InChI=1S/C26H27N2O3/c1-3-27(4-2)18-9-10-19-22(15-18)30-26(29)21-14-17-13-16-7-5-11-28-12-6-8-20(23(16)28)24(17)31-25(19)21/h9-10,13-15H,3-8,11-12H2,1-2H3/q+1. The first-order valence-corrected chi connectivity index (χ1v) is 11.5. The molecule has 0 unspecified atom stereocenters. The molecule has 2 aromatic carbocycles. The third-order valence-corrected chi connectivity index (χ3v) is 7.01. The maximum atomic E-state index is 12.9. The second-order valence-corrected chi connectivity index (χ2v) is 8.71. The van der Waals surface area contributed by atoms with Crippen LogP contribution in [0.4, 0.5) is 5.69 Å². The zero-order valence-corrected chi connectivity index (χ0v) is 18.2. The van der Waals surface area contributed by atoms with E-state index in [0.717, 1.165) is 67.2 Å². The summed E-state index contributed by atoms with van der Waals surface area (Å²) in [6, 6.07) is 10.3. The van der Waals surface area contributed by atoms with Gasteiger partial charge in [0.05, 0.1) is 11.5 Å². The van der Waals surface area contributed by atoms with E-state index < -0.39 is 0 Å². The summed E-state index contributed by atoms with van der Waals surface area (Å²) in [6.45, 7) is 8.31. The van der Waals surface area contributed by atoms with Crippen molar-refractivity contribution in [3.63, 3.8) is 0 Å². The first-order valence-electron chi connectivity index (χ1n) is 11.5. The molecule has 0 atom stereocenters. The van der Waals surface area contributed by atoms with Crippen LogP contribution in [0.3, 0.4) is 0 Å². The van der Waals surface area contributed by atoms with E-state index >= 15 is 0 Å². The van der Waals surface area contributed by atoms with Crippen LogP contribution in [0.25, 0.3) is 32.9 Å². The van der Waals surface area contributed by atoms with Crippen molar-refractivity contribution in [3.8, 4) is 0 Å². The van der Waals surface area contributed by atoms with E-state index in [1.807, 2.05) is 18.2 Å². The summed E-state index contributed by atoms with van der Waals surface area (Å²) in [6.07, 6.45) is 4.44. The van der Waals surface area contributed by atoms with Crippen LogP contribution in [-0.4, -0.2) is 26.2 Å². The Balaban J connectivity index is 1.71. The van der Waals surface area contributed by atoms with Gasteiger partial charge in [0.2, 0.25) is 5.36 Å². The van der Waals surface area contributed by atoms with E-state index in [1.54, 1.807) is 0 Å². The fraction of sp³-hybridized carbons (Fsp3) is 0.385. The molecule has 5 nitrogen and oxygen atoms in total. The Morgan fingerprint density at radius 3 is 2.55 bits per heavy atom. The molecule has 6 rings (SSSR count). The molecule has 0 bridgehead atoms. The van der Waals surface area contributed by atoms with Gasteiger partial charge in [-0.1, -0.05) is 0 Å². The number of aryl methyl sites for hydroxylation is 2. The number of fused-ring (bicyclic) bond motifs is 5. The fourth-order valence-electron chi connectivity index (χ4n) is 5.54. The van der Waals surface area contributed by atoms with Crippen molar-refractivity contribution >= 4 is 38.6 Å². The summed E-state index contributed by atoms with van der Waals surface area (Å²) in [5, 5.41) is 3.44. The maximum absolute atomic E-state index is 12.9. The van der Waals surface area contributed by atoms with Crippen molar-refractivity contribution in [2.24, 2.45) is 0 Å². The largest absolute Gasteiger partial charge is 0.455 e. The molecule has 2 aliphatic heterocycles. The molecular weight excluding hydrogens is 388 g/mol. The molecule has 0 saturated carbocycles. The number of benzene rings is 2. The molecule has 158 valence electrons. The topological polar surface area (TPSA) is 49.6 Å². The van der Waals surface area contributed by atoms with Gasteiger partial charge in [-0.2, -0.15) is 0 Å². The van der Waals surface area contributed by atoms with Crippen molar-refractivity contribution in [1.82, 2.24) is 4.58 Å². The summed E-state index contributed by atoms with van der Waals surface area (Å²) in [7, 11) is 0. The second kappa shape index (κ2) is 6.98. The highest BCUT2D eigenvalue weighted by molar-refractivity contribution is 6.04. The van der Waals surface area contributed by atoms with E-state index in [4.69, 9.17) is 8.83 Å². The van der Waals surface area contributed by atoms with Crippen molar-refractivity contribution < 1.29 is 8.83 Å². The highest BCUT2D eigenvalue weighted by Gasteiger charge is 2.27. The predicted molar refractivity (Wildman–Crippen MR) is 125 cm³/mol. The average Bonchev–Trinajstić information content (AvgIpc) is 2.79. The number of anilines is 1. The highest BCUT2D eigenvalue weighted by atomic mass is 16.4. The lowest BCUT2D eigenvalue weighted by molar-refractivity contribution is 0.560. The molecule has 0 fully saturated rings. The van der Waals surface area contributed by atoms with E-state index in [9.17, 15) is 4.79 Å². The lowest BCUT2D eigenvalue weighted by Crippen LogP contribution is -2.34. The summed E-state index contributed by atoms with van der Waals surface area (Å²) in [5.74, 6) is 0. The lowest BCUT2D eigenvalue weighted by Gasteiger charge is -2.37. The van der Waals surface area contributed by atoms with Crippen LogP contribution in [0.1, 0.15) is 37.8 Å². The minimum atomic E-state index is -0.335. The Morgan fingerprint density at radius 1 is 0.935 bits per heavy atom. The summed E-state index contributed by atoms with van der Waals surface area (Å²) >= 11 is 0. The Labute approximate surface area is 180 Å². The SMILES string of the molecule is CC[N+](CC)=c1ccc2c(c1)oc(=O)c1cc3cc4c5c(c3oc12)CCCN5CCC4. The normalized spacial score (nSPS) is 15.6. The van der Waals surface area contributed by atoms with Crippen LogP contribution in [0, 0.1) is 0 Å². The van der Waals surface area contributed by atoms with Gasteiger partial charge in [-0.15, -0.1) is 0 Å². The van der Waals surface area contributed by atoms with Crippen molar-refractivity contribution in [1.29, 1.82) is 0 Å². The van der Waals surface area contributed by atoms with Gasteiger partial charge in [0.1, 0.15) is 29.6 Å². The van der Waals surface area contributed by atoms with Gasteiger partial charge in [0.15, 0.2) is 5.58 Å². The van der Waals surface area contributed by atoms with Gasteiger partial charge in [0, 0.05) is 35.8 Å². The van der Waals surface area contributed by atoms with Crippen molar-refractivity contribution in [2.75, 3.05) is 31.1 Å². The summed E-state index contributed by atoms with van der Waals surface area (Å²) in [4.78, 5) is 15.4. The van der Waals surface area contributed by atoms with Gasteiger partial charge in [-0.05, 0) is 63.3 Å². The molecule has 2 aromatic heterocycles. The molecule has 5 heteroatoms. The maximum Gasteiger partial charge on any atom is 0.347 e. The lowest BCUT2D eigenvalue weighted by atomic mass is 9.90. The Kier molecular flexibility index (Phi) is 4.20. The molecule has 4 aromatic rings. The molecule has 0 N–H and O–H groups in total. The molecule has 0 aliphatic carbocycles. The van der Waals surface area contributed by atoms with E-state index in [1.165, 1.54) is 23.2 Å². The zero-order valence-electron chi connectivity index (χ0n) is 18.2. The Hall–Kier alpha value is -3.08. The summed E-state index contributed by atoms with van der Waals surface area (Å²) in [5.41, 5.74) is 5.88. The quantitative estimate of drug-likeness (QED) is 0.213. The van der Waals surface area contributed by atoms with Crippen molar-refractivity contribution in [2.45, 2.75) is 39.5 Å². The van der Waals surface area contributed by atoms with Gasteiger partial charge >= 0.3 is 5.63 Å². The van der Waals surface area contributed by atoms with Crippen LogP contribution < -0.4 is 20.5 Å². The average molecular weight is 416 g/mol. The zero-order chi connectivity index (χ0) is 21.1. The van der Waals surface area contributed by atoms with Gasteiger partial charge in [0.25, 0.3) is 0 Å². The van der Waals surface area contributed by atoms with E-state index in [0.29, 0.717) is 16.6 Å². The predicted octanol–water partition coefficient (Wildman–Crippen LogP) is 4.20. The molecule has 0 spiro atoms. The minimum absolute atomic E-state index is 0.335. The van der Waals surface area contributed by atoms with Gasteiger partial charge < -0.3 is 13.7 Å². The van der Waals surface area contributed by atoms with Crippen LogP contribution in [-0.2, 0) is 12.8 Å². The molecule has 31 heavy (non-hydrogen) atoms. The highest BCUT2D eigenvalue weighted by Crippen LogP contribution is 2.41. The van der Waals surface area contributed by atoms with Gasteiger partial charge in [-0.3, -0.25) is 0 Å². The van der Waals surface area contributed by atoms with Crippen LogP contribution in [0.2, 0.25) is 0 Å². The van der Waals surface area contributed by atoms with E-state index in [2.05, 4.69) is 35.5 Å². The minimum Gasteiger partial charge on any atom is -0.455 e. The summed E-state index contributed by atoms with van der Waals surface area (Å²) < 4.78 is 14.6. The molecule has 0 radical (unpaired) electrons. The Bertz CT molecular complexity index is 1480. The van der Waals surface area contributed by atoms with Crippen LogP contribution >= 0.6 is 0 Å². The molecular formula is C26H27N2O3+. The van der Waals surface area contributed by atoms with Crippen LogP contribution in [0.15, 0.2) is 44.0 Å². The Morgan fingerprint density at radius 2 is 1.74 bits per heavy atom. The third-order valence-electron chi connectivity index (χ3n) is 7.01. The smallest absolute Gasteiger partial charge is 0.347 e. The first kappa shape index (κ1) is 18.7. The molecule has 0 amide bonds. The molecule has 4 heterocycles. The van der Waals surface area contributed by atoms with Crippen molar-refractivity contribution in [3.05, 3.63) is 57.2 Å². The second-order valence-electron chi connectivity index (χ2n) is 8.71. The van der Waals surface area contributed by atoms with E-state index in [-0.39, 0.29) is 5.63 Å². The fourth-order valence-corrected chi connectivity index (χ4v) is 5.54. The number of rotatable bonds is 2. The number of hydrogen-bond donors (Lipinski definition) is 0. The first-order chi connectivity index (χ1) is 15.2. The molecule has 2 aliphatic rings.